The summed E-state index contributed by atoms with van der Waals surface area (Å²) in [6.07, 6.45) is 8.07. The fraction of sp³-hybridized carbons (Fsp3) is 0.697. The summed E-state index contributed by atoms with van der Waals surface area (Å²) < 4.78 is 15.2. The minimum atomic E-state index is -0.0478. The normalized spacial score (nSPS) is 17.5. The van der Waals surface area contributed by atoms with Crippen molar-refractivity contribution < 1.29 is 23.8 Å². The Bertz CT molecular complexity index is 4180. The highest BCUT2D eigenvalue weighted by atomic mass is 16.5. The van der Waals surface area contributed by atoms with Crippen molar-refractivity contribution >= 4 is 64.6 Å². The molecule has 0 aromatic carbocycles. The summed E-state index contributed by atoms with van der Waals surface area (Å²) in [4.78, 5) is 86.2. The Morgan fingerprint density at radius 1 is 0.454 bits per heavy atom. The van der Waals surface area contributed by atoms with Crippen LogP contribution in [0, 0.1) is 5.92 Å². The Kier molecular flexibility index (Phi) is 32.0. The number of nitrogens with zero attached hydrogens (tertiary/aromatic N) is 17. The number of nitrogens with one attached hydrogen (secondary N) is 8. The lowest BCUT2D eigenvalue weighted by Crippen LogP contribution is -2.59. The number of methoxy groups -OCH3 is 1. The quantitative estimate of drug-likeness (QED) is 0.0332. The molecule has 7 saturated heterocycles. The van der Waals surface area contributed by atoms with Gasteiger partial charge in [0.1, 0.15) is 53.7 Å². The second-order valence-corrected chi connectivity index (χ2v) is 40.7. The molecule has 6 aromatic rings. The van der Waals surface area contributed by atoms with E-state index in [1.807, 2.05) is 36.2 Å². The highest BCUT2D eigenvalue weighted by Gasteiger charge is 2.38. The molecule has 13 heterocycles. The molecule has 30 heteroatoms. The number of ether oxygens (including phenoxy) is 3. The van der Waals surface area contributed by atoms with Gasteiger partial charge in [0.2, 0.25) is 29.7 Å². The summed E-state index contributed by atoms with van der Waals surface area (Å²) >= 11 is 0. The molecular formula is C89H147N25O5. The van der Waals surface area contributed by atoms with Crippen molar-refractivity contribution in [2.24, 2.45) is 5.92 Å². The summed E-state index contributed by atoms with van der Waals surface area (Å²) in [5, 5.41) is 27.1. The number of aromatic nitrogens is 11. The van der Waals surface area contributed by atoms with Crippen molar-refractivity contribution in [3.8, 4) is 0 Å². The zero-order chi connectivity index (χ0) is 87.2. The number of likely N-dealkylation sites (tertiary alicyclic amines) is 2. The largest absolute Gasteiger partial charge is 0.377 e. The summed E-state index contributed by atoms with van der Waals surface area (Å²) in [7, 11) is 11.7. The number of anilines is 9. The predicted octanol–water partition coefficient (Wildman–Crippen LogP) is 10.9. The Morgan fingerprint density at radius 3 is 1.30 bits per heavy atom. The molecule has 658 valence electrons. The van der Waals surface area contributed by atoms with Gasteiger partial charge in [-0.15, -0.1) is 0 Å². The second-order valence-electron chi connectivity index (χ2n) is 40.7. The van der Waals surface area contributed by atoms with Gasteiger partial charge in [0.05, 0.1) is 91.1 Å². The van der Waals surface area contributed by atoms with Crippen LogP contribution < -0.4 is 57.2 Å². The van der Waals surface area contributed by atoms with Gasteiger partial charge >= 0.3 is 0 Å². The van der Waals surface area contributed by atoms with Crippen molar-refractivity contribution in [3.63, 3.8) is 0 Å². The van der Waals surface area contributed by atoms with Gasteiger partial charge in [-0.2, -0.15) is 15.0 Å². The third-order valence-electron chi connectivity index (χ3n) is 21.5. The van der Waals surface area contributed by atoms with Crippen molar-refractivity contribution in [2.45, 2.75) is 245 Å². The van der Waals surface area contributed by atoms with Gasteiger partial charge in [0.25, 0.3) is 0 Å². The van der Waals surface area contributed by atoms with E-state index in [2.05, 4.69) is 295 Å². The van der Waals surface area contributed by atoms with E-state index in [-0.39, 0.29) is 56.5 Å². The summed E-state index contributed by atoms with van der Waals surface area (Å²) in [6.45, 7) is 59.8. The van der Waals surface area contributed by atoms with Gasteiger partial charge in [-0.3, -0.25) is 9.59 Å². The number of pyridine rings is 1. The van der Waals surface area contributed by atoms with Crippen molar-refractivity contribution in [3.05, 3.63) is 94.8 Å². The molecule has 1 aliphatic carbocycles. The summed E-state index contributed by atoms with van der Waals surface area (Å²) in [6, 6.07) is 16.8. The van der Waals surface area contributed by atoms with Crippen LogP contribution in [0.25, 0.3) is 0 Å². The van der Waals surface area contributed by atoms with Crippen LogP contribution >= 0.6 is 0 Å². The number of carbonyl (C=O) groups is 2. The first-order chi connectivity index (χ1) is 55.6. The number of hydrogen-bond acceptors (Lipinski definition) is 28. The van der Waals surface area contributed by atoms with Crippen molar-refractivity contribution in [2.75, 3.05) is 201 Å². The monoisotopic (exact) mass is 1650 g/mol. The first-order valence-electron chi connectivity index (χ1n) is 43.0. The molecule has 8 fully saturated rings. The van der Waals surface area contributed by atoms with Gasteiger partial charge in [-0.05, 0) is 56.5 Å². The minimum Gasteiger partial charge on any atom is -0.377 e. The predicted molar refractivity (Wildman–Crippen MR) is 482 cm³/mol. The number of rotatable bonds is 21. The standard InChI is InChI=1S/C17H25N3O.C16H30N6.C15H25N3O.C14H22N4O2.C14H22N4O.C13H23N5/c1-17(2,3)13-7-8-18-15(9-13)19-14-10-20(11-14)16(21)12-5-4-6-12;1-16(2,3)13-9-14(18-12-10-17-11-12)20-15(19-13)22(6)8-7-21(4)5;1-14(2,3)11-7-12(16-10-8-19-9-10)18-13(17-11)15(4,5)6;1-14(2,3)11-5-12(16-9-15-11)17-10-6-18(7-10)13(19)8-20-4;1-14(2,3)11-7-12(15-10-8-19-9-10)17-13(16-11)18-5-4-6-18;1-13(2,3)10-6-11(15-9-7-14-8-9)17-12(16-10)18(4)5/h7-9,12,14H,4-6,10-11H2,1-3H3,(H,18,19);9,12,17H,7-8,10-11H2,1-6H3,(H,18,19,20);7,10H,8-9H2,1-6H3,(H,16,17,18);5,9-10H,6-8H2,1-4H3,(H,15,16,17);7,10H,4-6,8-9H2,1-3H3,(H,15,16,17);6,9,14H,7-8H2,1-5H3,(H,15,16,17). The van der Waals surface area contributed by atoms with E-state index in [1.165, 1.54) is 25.5 Å². The van der Waals surface area contributed by atoms with E-state index in [9.17, 15) is 9.59 Å². The van der Waals surface area contributed by atoms with Crippen LogP contribution in [0.3, 0.4) is 0 Å². The molecule has 14 rings (SSSR count). The maximum absolute atomic E-state index is 12.1. The molecule has 30 nitrogen and oxygen atoms in total. The Hall–Kier alpha value is -8.55. The summed E-state index contributed by atoms with van der Waals surface area (Å²) in [5.74, 6) is 9.44. The summed E-state index contributed by atoms with van der Waals surface area (Å²) in [5.41, 5.74) is 6.77. The van der Waals surface area contributed by atoms with Gasteiger partial charge < -0.3 is 86.1 Å². The fourth-order valence-corrected chi connectivity index (χ4v) is 12.5. The highest BCUT2D eigenvalue weighted by molar-refractivity contribution is 5.81. The van der Waals surface area contributed by atoms with E-state index in [1.54, 1.807) is 11.2 Å². The van der Waals surface area contributed by atoms with Crippen LogP contribution in [-0.2, 0) is 61.7 Å². The maximum atomic E-state index is 12.1. The molecule has 0 bridgehead atoms. The van der Waals surface area contributed by atoms with Crippen LogP contribution in [0.4, 0.5) is 52.8 Å². The van der Waals surface area contributed by atoms with E-state index < -0.39 is 0 Å². The lowest BCUT2D eigenvalue weighted by atomic mass is 9.83. The third kappa shape index (κ3) is 28.8. The number of hydrogen-bond donors (Lipinski definition) is 8. The maximum Gasteiger partial charge on any atom is 0.248 e. The molecule has 6 aromatic heterocycles. The molecule has 0 spiro atoms. The zero-order valence-corrected chi connectivity index (χ0v) is 77.2. The average Bonchev–Trinajstić information content (AvgIpc) is 0.806. The third-order valence-corrected chi connectivity index (χ3v) is 21.5. The van der Waals surface area contributed by atoms with E-state index in [0.29, 0.717) is 55.1 Å². The molecule has 1 saturated carbocycles. The Morgan fingerprint density at radius 2 is 0.891 bits per heavy atom. The molecule has 0 radical (unpaired) electrons. The number of carbonyl (C=O) groups excluding carboxylic acids is 2. The zero-order valence-electron chi connectivity index (χ0n) is 77.2. The van der Waals surface area contributed by atoms with Crippen molar-refractivity contribution in [1.29, 1.82) is 0 Å². The van der Waals surface area contributed by atoms with Gasteiger partial charge in [0.15, 0.2) is 0 Å². The topological polar surface area (TPSA) is 319 Å². The molecule has 8 aliphatic rings. The number of amides is 2. The molecule has 7 aliphatic heterocycles. The molecule has 0 atom stereocenters. The molecule has 119 heavy (non-hydrogen) atoms. The molecule has 0 unspecified atom stereocenters. The smallest absolute Gasteiger partial charge is 0.248 e. The minimum absolute atomic E-state index is 0.000546. The lowest BCUT2D eigenvalue weighted by Gasteiger charge is -2.43. The van der Waals surface area contributed by atoms with Crippen molar-refractivity contribution in [1.82, 2.24) is 80.2 Å². The SMILES string of the molecule is CC(C)(C)c1cc(NC2COC2)nc(C(C)(C)C)n1.CC(C)(C)c1cc(NC2COC2)nc(N2CCC2)n1.CC(C)(C)c1ccnc(NC2CN(C(=O)C3CCC3)C2)c1.CN(C)CCN(C)c1nc(NC2CNC2)cc(C(C)(C)C)n1.CN(C)c1nc(NC2CNC2)cc(C(C)(C)C)n1.COCC(=O)N1CC(Nc2cc(C(C)(C)C)ncn2)C1. The molecular weight excluding hydrogens is 1500 g/mol. The van der Waals surface area contributed by atoms with Gasteiger partial charge in [0, 0.05) is 182 Å². The Balaban J connectivity index is 0.000000163. The van der Waals surface area contributed by atoms with Crippen LogP contribution in [0.15, 0.2) is 55.0 Å². The lowest BCUT2D eigenvalue weighted by molar-refractivity contribution is -0.142. The first kappa shape index (κ1) is 94.3. The Labute approximate surface area is 711 Å². The van der Waals surface area contributed by atoms with Crippen LogP contribution in [-0.4, -0.2) is 272 Å². The van der Waals surface area contributed by atoms with Crippen LogP contribution in [0.2, 0.25) is 0 Å². The molecule has 8 N–H and O–H groups in total. The first-order valence-corrected chi connectivity index (χ1v) is 43.0. The van der Waals surface area contributed by atoms with Crippen LogP contribution in [0.1, 0.15) is 211 Å². The molecule has 2 amide bonds. The van der Waals surface area contributed by atoms with Gasteiger partial charge in [-0.25, -0.2) is 39.9 Å². The fourth-order valence-electron chi connectivity index (χ4n) is 12.5. The van der Waals surface area contributed by atoms with E-state index >= 15 is 0 Å². The number of likely N-dealkylation sites (N-methyl/N-ethyl adjacent to an activating group) is 2. The van der Waals surface area contributed by atoms with E-state index in [4.69, 9.17) is 34.1 Å². The second kappa shape index (κ2) is 40.4. The highest BCUT2D eigenvalue weighted by Crippen LogP contribution is 2.34. The average molecular weight is 1650 g/mol. The van der Waals surface area contributed by atoms with E-state index in [0.717, 1.165) is 192 Å². The van der Waals surface area contributed by atoms with Gasteiger partial charge in [-0.1, -0.05) is 152 Å². The van der Waals surface area contributed by atoms with Crippen LogP contribution in [0.5, 0.6) is 0 Å².